The summed E-state index contributed by atoms with van der Waals surface area (Å²) in [4.78, 5) is 38.1. The van der Waals surface area contributed by atoms with Crippen molar-refractivity contribution in [3.8, 4) is 0 Å². The van der Waals surface area contributed by atoms with Crippen LogP contribution in [0, 0.1) is 86.8 Å². The SMILES string of the molecule is C[C@H]1CC2=C3[C@H]4C5=C6[C@@H]7C[C@@]41CCC7=C[C@@H](C1CCCCC1)C[C@H]1[C@]64C(=O)O/C(=C(/O)C[C@@H]([C@H]6C[C@@H]7C=C[C@H]8CCC[C@]8(C7)C6)N6C[C@H]7C[C@@H](C6)[C@@H](CC2)N3C7)[C@@]4(CC5)[C@]12OC(=O)c1c(CCCN)cccc12. The van der Waals surface area contributed by atoms with Gasteiger partial charge < -0.3 is 25.2 Å². The van der Waals surface area contributed by atoms with Gasteiger partial charge in [0.2, 0.25) is 0 Å². The van der Waals surface area contributed by atoms with Crippen LogP contribution >= 0.6 is 0 Å². The summed E-state index contributed by atoms with van der Waals surface area (Å²) >= 11 is 0. The van der Waals surface area contributed by atoms with Crippen molar-refractivity contribution in [2.75, 3.05) is 26.2 Å². The number of carbonyl (C=O) groups excluding carboxylic acids is 2. The van der Waals surface area contributed by atoms with E-state index in [1.54, 1.807) is 22.4 Å². The third kappa shape index (κ3) is 5.26. The molecule has 20 rings (SSSR count). The van der Waals surface area contributed by atoms with Crippen molar-refractivity contribution in [3.63, 3.8) is 0 Å². The second kappa shape index (κ2) is 15.1. The normalized spacial score (nSPS) is 50.1. The van der Waals surface area contributed by atoms with Gasteiger partial charge in [-0.1, -0.05) is 85.8 Å². The molecule has 8 heteroatoms. The predicted octanol–water partition coefficient (Wildman–Crippen LogP) is 12.2. The van der Waals surface area contributed by atoms with Crippen LogP contribution in [0.25, 0.3) is 0 Å². The Balaban J connectivity index is 0.946. The smallest absolute Gasteiger partial charge is 0.339 e. The summed E-state index contributed by atoms with van der Waals surface area (Å²) in [5.74, 6) is 4.93. The van der Waals surface area contributed by atoms with Crippen molar-refractivity contribution < 1.29 is 24.2 Å². The van der Waals surface area contributed by atoms with Gasteiger partial charge in [0.15, 0.2) is 11.4 Å². The maximum Gasteiger partial charge on any atom is 0.339 e. The molecule has 19 aliphatic rings. The van der Waals surface area contributed by atoms with Gasteiger partial charge in [0.25, 0.3) is 0 Å². The van der Waals surface area contributed by atoms with E-state index in [1.165, 1.54) is 108 Å². The molecular weight excluding hydrogens is 903 g/mol. The number of piperidine rings is 2. The van der Waals surface area contributed by atoms with Gasteiger partial charge >= 0.3 is 11.9 Å². The van der Waals surface area contributed by atoms with E-state index in [0.717, 1.165) is 62.9 Å². The largest absolute Gasteiger partial charge is 0.509 e. The number of aliphatic hydroxyl groups is 1. The molecule has 0 aromatic heterocycles. The Morgan fingerprint density at radius 2 is 1.75 bits per heavy atom. The van der Waals surface area contributed by atoms with Crippen LogP contribution in [0.4, 0.5) is 0 Å². The molecular formula is C65H81N3O5. The Labute approximate surface area is 434 Å². The van der Waals surface area contributed by atoms with Gasteiger partial charge in [-0.15, -0.1) is 0 Å². The summed E-state index contributed by atoms with van der Waals surface area (Å²) in [5.41, 5.74) is 14.2. The monoisotopic (exact) mass is 984 g/mol. The lowest BCUT2D eigenvalue weighted by molar-refractivity contribution is -0.284. The highest BCUT2D eigenvalue weighted by atomic mass is 16.6. The van der Waals surface area contributed by atoms with E-state index in [1.807, 2.05) is 0 Å². The van der Waals surface area contributed by atoms with Crippen molar-refractivity contribution in [3.05, 3.63) is 92.6 Å². The fourth-order valence-corrected chi connectivity index (χ4v) is 24.0. The van der Waals surface area contributed by atoms with Crippen molar-refractivity contribution in [1.82, 2.24) is 9.80 Å². The van der Waals surface area contributed by atoms with Gasteiger partial charge in [-0.05, 0) is 198 Å². The molecule has 0 amide bonds. The minimum atomic E-state index is -1.14. The molecule has 9 aliphatic heterocycles. The minimum Gasteiger partial charge on any atom is -0.509 e. The van der Waals surface area contributed by atoms with Crippen LogP contribution in [-0.2, 0) is 26.3 Å². The number of rotatable bonds is 5. The highest BCUT2D eigenvalue weighted by Gasteiger charge is 2.94. The summed E-state index contributed by atoms with van der Waals surface area (Å²) in [5, 5.41) is 13.9. The van der Waals surface area contributed by atoms with Gasteiger partial charge in [0.1, 0.15) is 11.2 Å². The predicted molar refractivity (Wildman–Crippen MR) is 279 cm³/mol. The Hall–Kier alpha value is -3.62. The molecule has 8 fully saturated rings. The van der Waals surface area contributed by atoms with Crippen LogP contribution in [0.2, 0.25) is 0 Å². The lowest BCUT2D eigenvalue weighted by atomic mass is 9.26. The van der Waals surface area contributed by atoms with Crippen LogP contribution in [0.3, 0.4) is 0 Å². The molecule has 10 aliphatic carbocycles. The Morgan fingerprint density at radius 3 is 2.64 bits per heavy atom. The summed E-state index contributed by atoms with van der Waals surface area (Å²) in [6.45, 7) is 6.52. The Kier molecular flexibility index (Phi) is 9.21. The molecule has 8 nitrogen and oxygen atoms in total. The average molecular weight is 984 g/mol. The molecule has 16 bridgehead atoms. The fraction of sp³-hybridized carbons (Fsp3) is 0.723. The van der Waals surface area contributed by atoms with Crippen LogP contribution in [0.1, 0.15) is 176 Å². The average Bonchev–Trinajstić information content (AvgIpc) is 4.07. The number of benzene rings is 1. The number of aliphatic hydroxyl groups excluding tert-OH is 1. The third-order valence-corrected chi connectivity index (χ3v) is 26.2. The minimum absolute atomic E-state index is 0.127. The number of aryl methyl sites for hydroxylation is 1. The first-order chi connectivity index (χ1) is 35.6. The molecule has 73 heavy (non-hydrogen) atoms. The molecule has 9 heterocycles. The number of carbonyl (C=O) groups is 2. The van der Waals surface area contributed by atoms with E-state index < -0.39 is 16.4 Å². The second-order valence-corrected chi connectivity index (χ2v) is 28.5. The lowest BCUT2D eigenvalue weighted by Crippen LogP contribution is -2.78. The zero-order valence-electron chi connectivity index (χ0n) is 43.8. The van der Waals surface area contributed by atoms with Crippen molar-refractivity contribution >= 4 is 11.9 Å². The molecule has 3 saturated heterocycles. The number of esters is 2. The number of nitrogens with two attached hydrogens (primary N) is 1. The number of hydrogen-bond acceptors (Lipinski definition) is 8. The first-order valence-electron chi connectivity index (χ1n) is 30.7. The maximum absolute atomic E-state index is 16.8. The topological polar surface area (TPSA) is 105 Å². The maximum atomic E-state index is 16.8. The zero-order valence-corrected chi connectivity index (χ0v) is 43.8. The highest BCUT2D eigenvalue weighted by molar-refractivity contribution is 6.00. The summed E-state index contributed by atoms with van der Waals surface area (Å²) < 4.78 is 14.8. The Bertz CT molecular complexity index is 2810. The molecule has 18 atom stereocenters. The molecule has 3 N–H and O–H groups in total. The number of hydrogen-bond donors (Lipinski definition) is 2. The van der Waals surface area contributed by atoms with E-state index in [9.17, 15) is 5.11 Å². The molecule has 1 aromatic carbocycles. The summed E-state index contributed by atoms with van der Waals surface area (Å²) in [6, 6.07) is 7.20. The molecule has 0 radical (unpaired) electrons. The molecule has 1 aromatic rings. The Morgan fingerprint density at radius 1 is 0.849 bits per heavy atom. The zero-order chi connectivity index (χ0) is 48.5. The van der Waals surface area contributed by atoms with Crippen molar-refractivity contribution in [1.29, 1.82) is 0 Å². The molecule has 1 unspecified atom stereocenters. The number of allylic oxidation sites excluding steroid dienone is 6. The van der Waals surface area contributed by atoms with Crippen LogP contribution in [0.5, 0.6) is 0 Å². The second-order valence-electron chi connectivity index (χ2n) is 28.5. The van der Waals surface area contributed by atoms with Crippen LogP contribution in [0.15, 0.2) is 75.9 Å². The highest BCUT2D eigenvalue weighted by Crippen LogP contribution is 2.89. The van der Waals surface area contributed by atoms with Gasteiger partial charge in [0.05, 0.1) is 11.0 Å². The van der Waals surface area contributed by atoms with E-state index in [4.69, 9.17) is 15.2 Å². The van der Waals surface area contributed by atoms with Gasteiger partial charge in [-0.2, -0.15) is 0 Å². The number of ether oxygens (including phenoxy) is 2. The summed E-state index contributed by atoms with van der Waals surface area (Å²) in [7, 11) is 0. The molecule has 5 saturated carbocycles. The van der Waals surface area contributed by atoms with Crippen molar-refractivity contribution in [2.24, 2.45) is 92.5 Å². The summed E-state index contributed by atoms with van der Waals surface area (Å²) in [6.07, 6.45) is 34.8. The van der Waals surface area contributed by atoms with Crippen molar-refractivity contribution in [2.45, 2.75) is 179 Å². The first-order valence-corrected chi connectivity index (χ1v) is 30.7. The fourth-order valence-electron chi connectivity index (χ4n) is 24.0. The van der Waals surface area contributed by atoms with E-state index in [2.05, 4.69) is 53.2 Å². The molecule has 386 valence electrons. The van der Waals surface area contributed by atoms with Crippen LogP contribution in [-0.4, -0.2) is 65.1 Å². The van der Waals surface area contributed by atoms with Gasteiger partial charge in [-0.3, -0.25) is 9.69 Å². The standard InChI is InChI=1S/C65H81N3O5/c1-36-24-42-15-17-50-45-26-38-33-67(35-45)51(44-25-37-14-16-46-12-6-20-61(46,30-37)31-44)29-52(69)58-63-22-19-47-55-48-32-62(36,56(47)57(42)68(50)34-38)21-18-41(48)27-43(39-8-3-2-4-9-39)28-53(64(55,63)60(71)72-58)65(63)49-13-5-10-40(11-7-23-66)54(49)59(70)73-65/h5,10,13-14,16,27,36-39,43-46,48,50-51,53,56,69H,2-4,6-9,11-12,15,17-26,28-35,66H2,1H3/b41-27?,58-52+/t36-,37-,38+,43+,44-,45-,46+,48+,50+,51-,53-,56+,61-,62+,63+,64+,65+/m0/s1. The number of fused-ring (bicyclic) bond motifs is 4. The van der Waals surface area contributed by atoms with E-state index >= 15 is 9.59 Å². The van der Waals surface area contributed by atoms with Gasteiger partial charge in [-0.25, -0.2) is 4.79 Å². The van der Waals surface area contributed by atoms with E-state index in [-0.39, 0.29) is 35.2 Å². The lowest BCUT2D eigenvalue weighted by Gasteiger charge is -2.74. The first kappa shape index (κ1) is 44.5. The van der Waals surface area contributed by atoms with Crippen LogP contribution < -0.4 is 5.73 Å². The quantitative estimate of drug-likeness (QED) is 0.222. The third-order valence-electron chi connectivity index (χ3n) is 26.2. The molecule has 5 spiro atoms. The van der Waals surface area contributed by atoms with E-state index in [0.29, 0.717) is 108 Å². The number of nitrogens with zero attached hydrogens (tertiary/aromatic N) is 2. The van der Waals surface area contributed by atoms with Gasteiger partial charge in [0, 0.05) is 67.2 Å².